The summed E-state index contributed by atoms with van der Waals surface area (Å²) in [6.45, 7) is 4.08. The van der Waals surface area contributed by atoms with Crippen LogP contribution in [0.4, 0.5) is 10.5 Å². The molecule has 0 aromatic heterocycles. The molecule has 1 spiro atoms. The van der Waals surface area contributed by atoms with Crippen LogP contribution in [0.5, 0.6) is 0 Å². The minimum absolute atomic E-state index is 0.0903. The van der Waals surface area contributed by atoms with Crippen LogP contribution in [-0.2, 0) is 0 Å². The number of anilines is 1. The molecule has 0 unspecified atom stereocenters. The van der Waals surface area contributed by atoms with Gasteiger partial charge in [-0.25, -0.2) is 4.79 Å². The number of allylic oxidation sites excluding steroid dienone is 2. The van der Waals surface area contributed by atoms with Gasteiger partial charge in [0.05, 0.1) is 11.5 Å². The summed E-state index contributed by atoms with van der Waals surface area (Å²) in [4.78, 5) is 20.0. The van der Waals surface area contributed by atoms with Gasteiger partial charge in [0.2, 0.25) is 0 Å². The number of carbonyl (C=O) groups is 1. The van der Waals surface area contributed by atoms with Gasteiger partial charge in [-0.1, -0.05) is 11.6 Å². The first-order chi connectivity index (χ1) is 12.5. The Hall–Kier alpha value is -1.99. The molecule has 2 fully saturated rings. The zero-order chi connectivity index (χ0) is 18.3. The van der Waals surface area contributed by atoms with Gasteiger partial charge < -0.3 is 21.3 Å². The zero-order valence-electron chi connectivity index (χ0n) is 14.4. The minimum Gasteiger partial charge on any atom is -0.405 e. The SMILES string of the molecule is N/C=C\C=C(/N)N1CC2(CN(C(=O)N3CCSc4cc(Cl)ccc43)C2)C1. The number of nitrogens with two attached hydrogens (primary N) is 2. The van der Waals surface area contributed by atoms with E-state index in [1.54, 1.807) is 17.8 Å². The number of hydrogen-bond acceptors (Lipinski definition) is 5. The average Bonchev–Trinajstić information content (AvgIpc) is 2.56. The third kappa shape index (κ3) is 2.99. The molecule has 138 valence electrons. The molecule has 0 aliphatic carbocycles. The van der Waals surface area contributed by atoms with Crippen LogP contribution in [0.2, 0.25) is 5.02 Å². The highest BCUT2D eigenvalue weighted by Crippen LogP contribution is 2.43. The molecule has 0 saturated carbocycles. The summed E-state index contributed by atoms with van der Waals surface area (Å²) >= 11 is 7.83. The third-order valence-electron chi connectivity index (χ3n) is 5.13. The molecule has 4 N–H and O–H groups in total. The number of rotatable bonds is 2. The summed E-state index contributed by atoms with van der Waals surface area (Å²) in [5.74, 6) is 1.61. The predicted molar refractivity (Wildman–Crippen MR) is 106 cm³/mol. The highest BCUT2D eigenvalue weighted by molar-refractivity contribution is 7.99. The zero-order valence-corrected chi connectivity index (χ0v) is 16.0. The molecule has 8 heteroatoms. The van der Waals surface area contributed by atoms with Gasteiger partial charge in [-0.2, -0.15) is 0 Å². The summed E-state index contributed by atoms with van der Waals surface area (Å²) in [5.41, 5.74) is 12.5. The average molecular weight is 392 g/mol. The number of halogens is 1. The molecule has 0 bridgehead atoms. The van der Waals surface area contributed by atoms with E-state index in [1.165, 1.54) is 6.20 Å². The van der Waals surface area contributed by atoms with Gasteiger partial charge in [0.25, 0.3) is 0 Å². The second-order valence-electron chi connectivity index (χ2n) is 7.08. The second-order valence-corrected chi connectivity index (χ2v) is 8.66. The first-order valence-electron chi connectivity index (χ1n) is 8.59. The molecule has 3 aliphatic rings. The molecule has 6 nitrogen and oxygen atoms in total. The van der Waals surface area contributed by atoms with Crippen LogP contribution in [0.3, 0.4) is 0 Å². The van der Waals surface area contributed by atoms with Crippen molar-refractivity contribution >= 4 is 35.1 Å². The highest BCUT2D eigenvalue weighted by Gasteiger charge is 2.54. The largest absolute Gasteiger partial charge is 0.405 e. The van der Waals surface area contributed by atoms with Crippen LogP contribution < -0.4 is 16.4 Å². The lowest BCUT2D eigenvalue weighted by atomic mass is 9.73. The van der Waals surface area contributed by atoms with Gasteiger partial charge in [0.15, 0.2) is 0 Å². The fourth-order valence-corrected chi connectivity index (χ4v) is 5.13. The van der Waals surface area contributed by atoms with E-state index in [-0.39, 0.29) is 11.4 Å². The number of likely N-dealkylation sites (tertiary alicyclic amines) is 2. The smallest absolute Gasteiger partial charge is 0.324 e. The third-order valence-corrected chi connectivity index (χ3v) is 6.39. The molecule has 1 aromatic rings. The molecule has 4 rings (SSSR count). The van der Waals surface area contributed by atoms with Crippen molar-refractivity contribution < 1.29 is 4.79 Å². The van der Waals surface area contributed by atoms with Crippen LogP contribution in [-0.4, -0.2) is 54.3 Å². The number of benzene rings is 1. The molecular weight excluding hydrogens is 370 g/mol. The van der Waals surface area contributed by atoms with Gasteiger partial charge in [-0.3, -0.25) is 4.90 Å². The van der Waals surface area contributed by atoms with Crippen LogP contribution in [0.25, 0.3) is 0 Å². The quantitative estimate of drug-likeness (QED) is 0.756. The van der Waals surface area contributed by atoms with E-state index < -0.39 is 0 Å². The number of nitrogens with zero attached hydrogens (tertiary/aromatic N) is 3. The maximum atomic E-state index is 12.9. The molecule has 26 heavy (non-hydrogen) atoms. The van der Waals surface area contributed by atoms with E-state index in [2.05, 4.69) is 4.90 Å². The molecule has 2 saturated heterocycles. The summed E-state index contributed by atoms with van der Waals surface area (Å²) in [6.07, 6.45) is 5.00. The van der Waals surface area contributed by atoms with E-state index in [0.717, 1.165) is 54.9 Å². The van der Waals surface area contributed by atoms with Crippen molar-refractivity contribution in [1.29, 1.82) is 0 Å². The molecule has 0 radical (unpaired) electrons. The van der Waals surface area contributed by atoms with Crippen LogP contribution in [0.1, 0.15) is 0 Å². The Balaban J connectivity index is 1.37. The first-order valence-corrected chi connectivity index (χ1v) is 9.95. The van der Waals surface area contributed by atoms with Gasteiger partial charge in [0.1, 0.15) is 0 Å². The van der Waals surface area contributed by atoms with Crippen LogP contribution in [0.15, 0.2) is 47.3 Å². The Labute approximate surface area is 162 Å². The van der Waals surface area contributed by atoms with E-state index in [1.807, 2.05) is 34.1 Å². The van der Waals surface area contributed by atoms with Crippen molar-refractivity contribution in [2.45, 2.75) is 4.90 Å². The Morgan fingerprint density at radius 2 is 1.96 bits per heavy atom. The summed E-state index contributed by atoms with van der Waals surface area (Å²) in [6, 6.07) is 5.82. The second kappa shape index (κ2) is 6.63. The van der Waals surface area contributed by atoms with Gasteiger partial charge in [0, 0.05) is 53.8 Å². The van der Waals surface area contributed by atoms with Crippen molar-refractivity contribution in [3.8, 4) is 0 Å². The van der Waals surface area contributed by atoms with Crippen LogP contribution in [0, 0.1) is 5.41 Å². The molecule has 3 aliphatic heterocycles. The standard InChI is InChI=1S/C18H22ClN5OS/c19-13-3-4-14-15(8-13)26-7-6-24(14)17(25)23-11-18(12-23)9-22(10-18)16(21)2-1-5-20/h1-5,8H,6-7,9-12,20-21H2/b5-1-,16-2+. The monoisotopic (exact) mass is 391 g/mol. The molecule has 2 amide bonds. The van der Waals surface area contributed by atoms with Gasteiger partial charge >= 0.3 is 6.03 Å². The lowest BCUT2D eigenvalue weighted by molar-refractivity contribution is -0.0782. The fourth-order valence-electron chi connectivity index (χ4n) is 3.87. The van der Waals surface area contributed by atoms with Crippen molar-refractivity contribution in [2.24, 2.45) is 16.9 Å². The molecule has 0 atom stereocenters. The topological polar surface area (TPSA) is 78.8 Å². The minimum atomic E-state index is 0.0903. The van der Waals surface area contributed by atoms with Crippen molar-refractivity contribution in [3.05, 3.63) is 47.4 Å². The predicted octanol–water partition coefficient (Wildman–Crippen LogP) is 2.26. The Morgan fingerprint density at radius 3 is 2.69 bits per heavy atom. The molecule has 1 aromatic carbocycles. The number of carbonyl (C=O) groups excluding carboxylic acids is 1. The van der Waals surface area contributed by atoms with Gasteiger partial charge in [-0.05, 0) is 36.6 Å². The number of fused-ring (bicyclic) bond motifs is 1. The van der Waals surface area contributed by atoms with Crippen molar-refractivity contribution in [1.82, 2.24) is 9.80 Å². The highest BCUT2D eigenvalue weighted by atomic mass is 35.5. The summed E-state index contributed by atoms with van der Waals surface area (Å²) in [7, 11) is 0. The van der Waals surface area contributed by atoms with E-state index in [0.29, 0.717) is 5.02 Å². The van der Waals surface area contributed by atoms with E-state index in [9.17, 15) is 4.79 Å². The Bertz CT molecular complexity index is 782. The number of thioether (sulfide) groups is 1. The number of amides is 2. The lowest BCUT2D eigenvalue weighted by Gasteiger charge is -2.61. The summed E-state index contributed by atoms with van der Waals surface area (Å²) < 4.78 is 0. The maximum absolute atomic E-state index is 12.9. The van der Waals surface area contributed by atoms with Crippen LogP contribution >= 0.6 is 23.4 Å². The Morgan fingerprint density at radius 1 is 1.23 bits per heavy atom. The molecule has 3 heterocycles. The lowest BCUT2D eigenvalue weighted by Crippen LogP contribution is -2.74. The van der Waals surface area contributed by atoms with E-state index in [4.69, 9.17) is 23.1 Å². The summed E-state index contributed by atoms with van der Waals surface area (Å²) in [5, 5.41) is 0.707. The molecular formula is C18H22ClN5OS. The fraction of sp³-hybridized carbons (Fsp3) is 0.389. The van der Waals surface area contributed by atoms with Gasteiger partial charge in [-0.15, -0.1) is 11.8 Å². The maximum Gasteiger partial charge on any atom is 0.324 e. The number of hydrogen-bond donors (Lipinski definition) is 2. The Kier molecular flexibility index (Phi) is 4.44. The first kappa shape index (κ1) is 17.4. The normalized spacial score (nSPS) is 21.6. The van der Waals surface area contributed by atoms with Crippen molar-refractivity contribution in [3.63, 3.8) is 0 Å². The van der Waals surface area contributed by atoms with E-state index >= 15 is 0 Å². The number of urea groups is 1. The van der Waals surface area contributed by atoms with Crippen molar-refractivity contribution in [2.75, 3.05) is 43.4 Å².